The van der Waals surface area contributed by atoms with Crippen molar-refractivity contribution in [3.8, 4) is 11.3 Å². The maximum Gasteiger partial charge on any atom is 0.337 e. The van der Waals surface area contributed by atoms with Crippen LogP contribution in [0, 0.1) is 0 Å². The molecule has 1 heterocycles. The fourth-order valence-corrected chi connectivity index (χ4v) is 5.19. The minimum absolute atomic E-state index is 0.320. The molecule has 2 aromatic carbocycles. The lowest BCUT2D eigenvalue weighted by molar-refractivity contribution is 0.0601. The van der Waals surface area contributed by atoms with Crippen molar-refractivity contribution in [2.75, 3.05) is 7.11 Å². The number of aromatic nitrogens is 1. The highest BCUT2D eigenvalue weighted by atomic mass is 79.9. The van der Waals surface area contributed by atoms with Gasteiger partial charge in [0.1, 0.15) is 0 Å². The number of esters is 1. The SMILES string of the molecule is C=Cc1ccccc1-c1c(C2CCCCC2)c2ccc(C(=O)OC)cc2n1CC(=C)Br. The van der Waals surface area contributed by atoms with Crippen LogP contribution in [-0.4, -0.2) is 17.6 Å². The van der Waals surface area contributed by atoms with Crippen molar-refractivity contribution in [1.82, 2.24) is 4.57 Å². The number of nitrogens with zero attached hydrogens (tertiary/aromatic N) is 1. The summed E-state index contributed by atoms with van der Waals surface area (Å²) in [6, 6.07) is 14.4. The summed E-state index contributed by atoms with van der Waals surface area (Å²) in [5, 5.41) is 1.21. The van der Waals surface area contributed by atoms with E-state index in [0.717, 1.165) is 15.6 Å². The minimum Gasteiger partial charge on any atom is -0.465 e. The van der Waals surface area contributed by atoms with Crippen LogP contribution < -0.4 is 0 Å². The van der Waals surface area contributed by atoms with E-state index in [1.165, 1.54) is 61.4 Å². The van der Waals surface area contributed by atoms with E-state index in [1.54, 1.807) is 0 Å². The number of hydrogen-bond donors (Lipinski definition) is 0. The van der Waals surface area contributed by atoms with Crippen LogP contribution in [0.5, 0.6) is 0 Å². The van der Waals surface area contributed by atoms with Gasteiger partial charge in [0.15, 0.2) is 0 Å². The summed E-state index contributed by atoms with van der Waals surface area (Å²) in [5.41, 5.74) is 6.47. The summed E-state index contributed by atoms with van der Waals surface area (Å²) >= 11 is 3.58. The highest BCUT2D eigenvalue weighted by molar-refractivity contribution is 9.11. The first kappa shape index (κ1) is 21.6. The smallest absolute Gasteiger partial charge is 0.337 e. The molecule has 0 aliphatic heterocycles. The number of allylic oxidation sites excluding steroid dienone is 1. The van der Waals surface area contributed by atoms with Crippen LogP contribution in [0.1, 0.15) is 59.5 Å². The molecule has 0 spiro atoms. The number of fused-ring (bicyclic) bond motifs is 1. The molecule has 4 rings (SSSR count). The lowest BCUT2D eigenvalue weighted by Gasteiger charge is -2.24. The number of benzene rings is 2. The normalized spacial score (nSPS) is 14.5. The minimum atomic E-state index is -0.320. The summed E-state index contributed by atoms with van der Waals surface area (Å²) < 4.78 is 8.18. The van der Waals surface area contributed by atoms with Gasteiger partial charge in [0.2, 0.25) is 0 Å². The number of carbonyl (C=O) groups is 1. The van der Waals surface area contributed by atoms with Crippen molar-refractivity contribution in [3.63, 3.8) is 0 Å². The number of hydrogen-bond acceptors (Lipinski definition) is 2. The van der Waals surface area contributed by atoms with Gasteiger partial charge in [-0.3, -0.25) is 0 Å². The molecule has 0 saturated heterocycles. The summed E-state index contributed by atoms with van der Waals surface area (Å²) in [4.78, 5) is 12.3. The van der Waals surface area contributed by atoms with Gasteiger partial charge in [-0.15, -0.1) is 0 Å². The summed E-state index contributed by atoms with van der Waals surface area (Å²) in [6.07, 6.45) is 8.12. The van der Waals surface area contributed by atoms with Gasteiger partial charge in [-0.1, -0.05) is 84.8 Å². The first-order valence-corrected chi connectivity index (χ1v) is 11.6. The molecule has 1 saturated carbocycles. The Morgan fingerprint density at radius 3 is 2.61 bits per heavy atom. The summed E-state index contributed by atoms with van der Waals surface area (Å²) in [5.74, 6) is 0.178. The average Bonchev–Trinajstić information content (AvgIpc) is 3.11. The molecule has 3 nitrogen and oxygen atoms in total. The second kappa shape index (κ2) is 9.27. The second-order valence-electron chi connectivity index (χ2n) is 8.22. The maximum absolute atomic E-state index is 12.3. The number of halogens is 1. The molecule has 0 amide bonds. The zero-order valence-electron chi connectivity index (χ0n) is 18.0. The monoisotopic (exact) mass is 477 g/mol. The van der Waals surface area contributed by atoms with Crippen molar-refractivity contribution >= 4 is 38.9 Å². The first-order chi connectivity index (χ1) is 15.0. The van der Waals surface area contributed by atoms with E-state index in [-0.39, 0.29) is 5.97 Å². The molecule has 1 aliphatic carbocycles. The highest BCUT2D eigenvalue weighted by Crippen LogP contribution is 2.45. The van der Waals surface area contributed by atoms with E-state index < -0.39 is 0 Å². The summed E-state index contributed by atoms with van der Waals surface area (Å²) in [7, 11) is 1.42. The van der Waals surface area contributed by atoms with Gasteiger partial charge in [0, 0.05) is 20.9 Å². The first-order valence-electron chi connectivity index (χ1n) is 10.8. The molecule has 0 unspecified atom stereocenters. The Balaban J connectivity index is 2.09. The third-order valence-electron chi connectivity index (χ3n) is 6.30. The zero-order chi connectivity index (χ0) is 22.0. The highest BCUT2D eigenvalue weighted by Gasteiger charge is 2.27. The van der Waals surface area contributed by atoms with E-state index in [9.17, 15) is 4.79 Å². The Morgan fingerprint density at radius 1 is 1.19 bits per heavy atom. The topological polar surface area (TPSA) is 31.2 Å². The van der Waals surface area contributed by atoms with Crippen molar-refractivity contribution in [3.05, 3.63) is 76.8 Å². The van der Waals surface area contributed by atoms with Crippen LogP contribution in [-0.2, 0) is 11.3 Å². The third kappa shape index (κ3) is 4.14. The van der Waals surface area contributed by atoms with Gasteiger partial charge in [-0.25, -0.2) is 4.79 Å². The lowest BCUT2D eigenvalue weighted by atomic mass is 9.81. The van der Waals surface area contributed by atoms with Crippen LogP contribution in [0.3, 0.4) is 0 Å². The predicted molar refractivity (Wildman–Crippen MR) is 133 cm³/mol. The van der Waals surface area contributed by atoms with E-state index in [4.69, 9.17) is 4.74 Å². The van der Waals surface area contributed by atoms with Gasteiger partial charge in [-0.2, -0.15) is 0 Å². The Hall–Kier alpha value is -2.59. The zero-order valence-corrected chi connectivity index (χ0v) is 19.6. The fourth-order valence-electron chi connectivity index (χ4n) is 4.94. The second-order valence-corrected chi connectivity index (χ2v) is 9.34. The molecule has 3 aromatic rings. The van der Waals surface area contributed by atoms with E-state index in [0.29, 0.717) is 18.0 Å². The molecule has 0 bridgehead atoms. The molecular formula is C27H28BrNO2. The van der Waals surface area contributed by atoms with Crippen molar-refractivity contribution < 1.29 is 9.53 Å². The number of carbonyl (C=O) groups excluding carboxylic acids is 1. The van der Waals surface area contributed by atoms with Crippen molar-refractivity contribution in [2.24, 2.45) is 0 Å². The molecule has 0 N–H and O–H groups in total. The predicted octanol–water partition coefficient (Wildman–Crippen LogP) is 7.69. The van der Waals surface area contributed by atoms with Crippen LogP contribution in [0.2, 0.25) is 0 Å². The van der Waals surface area contributed by atoms with Gasteiger partial charge in [0.25, 0.3) is 0 Å². The molecule has 1 aromatic heterocycles. The molecule has 31 heavy (non-hydrogen) atoms. The van der Waals surface area contributed by atoms with Crippen LogP contribution in [0.25, 0.3) is 28.2 Å². The van der Waals surface area contributed by atoms with E-state index >= 15 is 0 Å². The van der Waals surface area contributed by atoms with Gasteiger partial charge >= 0.3 is 5.97 Å². The largest absolute Gasteiger partial charge is 0.465 e. The molecular weight excluding hydrogens is 450 g/mol. The fraction of sp³-hybridized carbons (Fsp3) is 0.296. The van der Waals surface area contributed by atoms with Crippen molar-refractivity contribution in [2.45, 2.75) is 44.6 Å². The lowest BCUT2D eigenvalue weighted by Crippen LogP contribution is -2.08. The molecule has 1 aliphatic rings. The molecule has 160 valence electrons. The Kier molecular flexibility index (Phi) is 6.47. The third-order valence-corrected chi connectivity index (χ3v) is 6.55. The van der Waals surface area contributed by atoms with Gasteiger partial charge in [0.05, 0.1) is 24.9 Å². The Bertz CT molecular complexity index is 1150. The van der Waals surface area contributed by atoms with Gasteiger partial charge in [-0.05, 0) is 42.0 Å². The van der Waals surface area contributed by atoms with Gasteiger partial charge < -0.3 is 9.30 Å². The average molecular weight is 478 g/mol. The molecule has 0 radical (unpaired) electrons. The van der Waals surface area contributed by atoms with Crippen LogP contribution in [0.4, 0.5) is 0 Å². The molecule has 0 atom stereocenters. The van der Waals surface area contributed by atoms with Crippen LogP contribution in [0.15, 0.2) is 60.1 Å². The van der Waals surface area contributed by atoms with Crippen LogP contribution >= 0.6 is 15.9 Å². The van der Waals surface area contributed by atoms with E-state index in [2.05, 4.69) is 57.9 Å². The molecule has 1 fully saturated rings. The quantitative estimate of drug-likeness (QED) is 0.340. The summed E-state index contributed by atoms with van der Waals surface area (Å²) in [6.45, 7) is 8.79. The number of rotatable bonds is 6. The number of methoxy groups -OCH3 is 1. The maximum atomic E-state index is 12.3. The van der Waals surface area contributed by atoms with Crippen molar-refractivity contribution in [1.29, 1.82) is 0 Å². The number of ether oxygens (including phenoxy) is 1. The Labute approximate surface area is 192 Å². The van der Waals surface area contributed by atoms with E-state index in [1.807, 2.05) is 24.3 Å². The Morgan fingerprint density at radius 2 is 1.94 bits per heavy atom. The molecule has 4 heteroatoms. The standard InChI is InChI=1S/C27H28BrNO2/c1-4-19-10-8-9-13-22(19)26-25(20-11-6-5-7-12-20)23-15-14-21(27(30)31-3)16-24(23)29(26)17-18(2)28/h4,8-10,13-16,20H,1-2,5-7,11-12,17H2,3H3.